The molecule has 0 radical (unpaired) electrons. The van der Waals surface area contributed by atoms with Crippen molar-refractivity contribution in [1.82, 2.24) is 0 Å². The number of hydrogen-bond acceptors (Lipinski definition) is 3. The van der Waals surface area contributed by atoms with Crippen LogP contribution in [0.4, 0.5) is 0 Å². The highest BCUT2D eigenvalue weighted by Crippen LogP contribution is 2.49. The molecule has 4 nitrogen and oxygen atoms in total. The van der Waals surface area contributed by atoms with Crippen LogP contribution in [0.5, 0.6) is 11.5 Å². The van der Waals surface area contributed by atoms with E-state index in [9.17, 15) is 9.90 Å². The first kappa shape index (κ1) is 18.9. The number of methoxy groups -OCH3 is 1. The van der Waals surface area contributed by atoms with Crippen LogP contribution in [-0.4, -0.2) is 24.8 Å². The maximum Gasteiger partial charge on any atom is 0.306 e. The summed E-state index contributed by atoms with van der Waals surface area (Å²) in [6.07, 6.45) is 3.39. The number of ether oxygens (including phenoxy) is 2. The first-order chi connectivity index (χ1) is 13.6. The van der Waals surface area contributed by atoms with Crippen molar-refractivity contribution in [2.75, 3.05) is 13.7 Å². The Hall–Kier alpha value is -2.49. The predicted molar refractivity (Wildman–Crippen MR) is 108 cm³/mol. The number of rotatable bonds is 9. The molecule has 0 heterocycles. The molecule has 28 heavy (non-hydrogen) atoms. The topological polar surface area (TPSA) is 55.8 Å². The van der Waals surface area contributed by atoms with Crippen LogP contribution < -0.4 is 9.47 Å². The number of benzene rings is 2. The van der Waals surface area contributed by atoms with Crippen LogP contribution in [0, 0.1) is 17.8 Å². The van der Waals surface area contributed by atoms with Crippen molar-refractivity contribution in [3.8, 4) is 11.5 Å². The van der Waals surface area contributed by atoms with E-state index in [1.807, 2.05) is 43.3 Å². The second-order valence-electron chi connectivity index (χ2n) is 8.25. The normalized spacial score (nSPS) is 22.9. The minimum absolute atomic E-state index is 0.0778. The third kappa shape index (κ3) is 4.16. The molecular weight excluding hydrogens is 352 g/mol. The summed E-state index contributed by atoms with van der Waals surface area (Å²) in [5.41, 5.74) is 2.43. The lowest BCUT2D eigenvalue weighted by Crippen LogP contribution is -2.20. The van der Waals surface area contributed by atoms with Crippen molar-refractivity contribution in [2.45, 2.75) is 38.0 Å². The van der Waals surface area contributed by atoms with Crippen molar-refractivity contribution in [3.63, 3.8) is 0 Å². The fourth-order valence-electron chi connectivity index (χ4n) is 4.28. The van der Waals surface area contributed by atoms with E-state index in [0.717, 1.165) is 36.3 Å². The maximum atomic E-state index is 11.5. The standard InChI is InChI=1S/C24H28O4/c1-15(24(25)26)23(17-6-7-17)18-4-3-5-21(12-18)28-14-19-13-22(19)16-8-10-20(27-2)11-9-16/h3-5,8-12,15,17,19,22-23H,6-7,13-14H2,1-2H3,(H,25,26)/t15-,19+,22+,23-/m0/s1. The Morgan fingerprint density at radius 1 is 1.14 bits per heavy atom. The highest BCUT2D eigenvalue weighted by Gasteiger charge is 2.40. The smallest absolute Gasteiger partial charge is 0.306 e. The van der Waals surface area contributed by atoms with E-state index in [1.165, 1.54) is 5.56 Å². The van der Waals surface area contributed by atoms with Gasteiger partial charge in [0.2, 0.25) is 0 Å². The minimum Gasteiger partial charge on any atom is -0.497 e. The van der Waals surface area contributed by atoms with Crippen LogP contribution in [0.3, 0.4) is 0 Å². The largest absolute Gasteiger partial charge is 0.497 e. The molecule has 2 aromatic rings. The SMILES string of the molecule is COc1ccc([C@H]2C[C@@H]2COc2cccc([C@H](C3CC3)[C@H](C)C(=O)O)c2)cc1. The van der Waals surface area contributed by atoms with Crippen molar-refractivity contribution >= 4 is 5.97 Å². The van der Waals surface area contributed by atoms with Crippen LogP contribution >= 0.6 is 0 Å². The minimum atomic E-state index is -0.719. The second-order valence-corrected chi connectivity index (χ2v) is 8.25. The van der Waals surface area contributed by atoms with E-state index in [-0.39, 0.29) is 11.8 Å². The molecule has 4 atom stereocenters. The second kappa shape index (κ2) is 7.86. The van der Waals surface area contributed by atoms with Gasteiger partial charge >= 0.3 is 5.97 Å². The van der Waals surface area contributed by atoms with Gasteiger partial charge in [-0.1, -0.05) is 31.2 Å². The summed E-state index contributed by atoms with van der Waals surface area (Å²) in [6, 6.07) is 16.4. The maximum absolute atomic E-state index is 11.5. The lowest BCUT2D eigenvalue weighted by Gasteiger charge is -2.21. The lowest BCUT2D eigenvalue weighted by atomic mass is 9.83. The zero-order valence-electron chi connectivity index (χ0n) is 16.5. The lowest BCUT2D eigenvalue weighted by molar-refractivity contribution is -0.142. The highest BCUT2D eigenvalue weighted by atomic mass is 16.5. The van der Waals surface area contributed by atoms with Gasteiger partial charge in [-0.2, -0.15) is 0 Å². The molecule has 0 aliphatic heterocycles. The van der Waals surface area contributed by atoms with Crippen LogP contribution in [0.1, 0.15) is 49.1 Å². The van der Waals surface area contributed by atoms with Crippen molar-refractivity contribution < 1.29 is 19.4 Å². The van der Waals surface area contributed by atoms with Crippen molar-refractivity contribution in [1.29, 1.82) is 0 Å². The summed E-state index contributed by atoms with van der Waals surface area (Å²) < 4.78 is 11.3. The Balaban J connectivity index is 1.37. The number of aliphatic carboxylic acids is 1. The number of carboxylic acids is 1. The fourth-order valence-corrected chi connectivity index (χ4v) is 4.28. The Morgan fingerprint density at radius 2 is 1.89 bits per heavy atom. The zero-order valence-corrected chi connectivity index (χ0v) is 16.5. The number of carbonyl (C=O) groups is 1. The molecule has 4 heteroatoms. The molecule has 0 amide bonds. The number of hydrogen-bond donors (Lipinski definition) is 1. The molecule has 0 saturated heterocycles. The van der Waals surface area contributed by atoms with Gasteiger partial charge in [-0.25, -0.2) is 0 Å². The van der Waals surface area contributed by atoms with Crippen LogP contribution in [0.2, 0.25) is 0 Å². The third-order valence-electron chi connectivity index (χ3n) is 6.23. The molecule has 2 saturated carbocycles. The molecule has 2 aliphatic carbocycles. The van der Waals surface area contributed by atoms with Crippen LogP contribution in [0.15, 0.2) is 48.5 Å². The van der Waals surface area contributed by atoms with E-state index in [2.05, 4.69) is 12.1 Å². The van der Waals surface area contributed by atoms with Crippen LogP contribution in [-0.2, 0) is 4.79 Å². The van der Waals surface area contributed by atoms with Crippen molar-refractivity contribution in [3.05, 3.63) is 59.7 Å². The summed E-state index contributed by atoms with van der Waals surface area (Å²) >= 11 is 0. The van der Waals surface area contributed by atoms with E-state index in [0.29, 0.717) is 24.4 Å². The Labute approximate surface area is 166 Å². The molecular formula is C24H28O4. The summed E-state index contributed by atoms with van der Waals surface area (Å²) in [5.74, 6) is 2.30. The molecule has 2 aliphatic rings. The quantitative estimate of drug-likeness (QED) is 0.658. The Morgan fingerprint density at radius 3 is 2.54 bits per heavy atom. The van der Waals surface area contributed by atoms with Gasteiger partial charge in [0.05, 0.1) is 19.6 Å². The number of carboxylic acid groups (broad SMARTS) is 1. The van der Waals surface area contributed by atoms with Gasteiger partial charge in [0.15, 0.2) is 0 Å². The molecule has 4 rings (SSSR count). The van der Waals surface area contributed by atoms with E-state index in [4.69, 9.17) is 9.47 Å². The highest BCUT2D eigenvalue weighted by molar-refractivity contribution is 5.71. The zero-order chi connectivity index (χ0) is 19.7. The van der Waals surface area contributed by atoms with Gasteiger partial charge in [0.25, 0.3) is 0 Å². The van der Waals surface area contributed by atoms with E-state index < -0.39 is 5.97 Å². The predicted octanol–water partition coefficient (Wildman–Crippen LogP) is 5.09. The first-order valence-corrected chi connectivity index (χ1v) is 10.2. The molecule has 0 aromatic heterocycles. The van der Waals surface area contributed by atoms with Crippen LogP contribution in [0.25, 0.3) is 0 Å². The molecule has 0 unspecified atom stereocenters. The Kier molecular flexibility index (Phi) is 5.29. The van der Waals surface area contributed by atoms with Gasteiger partial charge in [-0.15, -0.1) is 0 Å². The van der Waals surface area contributed by atoms with Gasteiger partial charge in [-0.05, 0) is 72.4 Å². The van der Waals surface area contributed by atoms with Gasteiger partial charge < -0.3 is 14.6 Å². The molecule has 0 bridgehead atoms. The van der Waals surface area contributed by atoms with Gasteiger partial charge in [0, 0.05) is 5.92 Å². The molecule has 2 aromatic carbocycles. The average molecular weight is 380 g/mol. The monoisotopic (exact) mass is 380 g/mol. The molecule has 148 valence electrons. The first-order valence-electron chi connectivity index (χ1n) is 10.2. The van der Waals surface area contributed by atoms with Crippen molar-refractivity contribution in [2.24, 2.45) is 17.8 Å². The van der Waals surface area contributed by atoms with E-state index >= 15 is 0 Å². The third-order valence-corrected chi connectivity index (χ3v) is 6.23. The summed E-state index contributed by atoms with van der Waals surface area (Å²) in [4.78, 5) is 11.5. The summed E-state index contributed by atoms with van der Waals surface area (Å²) in [5, 5.41) is 9.48. The average Bonchev–Trinajstić information content (AvgIpc) is 3.62. The summed E-state index contributed by atoms with van der Waals surface area (Å²) in [6.45, 7) is 2.52. The molecule has 0 spiro atoms. The Bertz CT molecular complexity index is 825. The molecule has 1 N–H and O–H groups in total. The fraction of sp³-hybridized carbons (Fsp3) is 0.458. The van der Waals surface area contributed by atoms with Gasteiger partial charge in [0.1, 0.15) is 11.5 Å². The summed E-state index contributed by atoms with van der Waals surface area (Å²) in [7, 11) is 1.68. The van der Waals surface area contributed by atoms with Gasteiger partial charge in [-0.3, -0.25) is 4.79 Å². The molecule has 2 fully saturated rings. The van der Waals surface area contributed by atoms with E-state index in [1.54, 1.807) is 7.11 Å².